The van der Waals surface area contributed by atoms with Crippen LogP contribution in [0, 0.1) is 5.92 Å². The van der Waals surface area contributed by atoms with E-state index in [4.69, 9.17) is 0 Å². The molecule has 2 aromatic heterocycles. The highest BCUT2D eigenvalue weighted by molar-refractivity contribution is 7.14. The Labute approximate surface area is 149 Å². The summed E-state index contributed by atoms with van der Waals surface area (Å²) in [5.41, 5.74) is 0.735. The maximum atomic E-state index is 12.3. The molecule has 3 heterocycles. The predicted molar refractivity (Wildman–Crippen MR) is 95.8 cm³/mol. The second-order valence-corrected chi connectivity index (χ2v) is 7.14. The van der Waals surface area contributed by atoms with Gasteiger partial charge in [-0.05, 0) is 24.8 Å². The van der Waals surface area contributed by atoms with Gasteiger partial charge < -0.3 is 9.88 Å². The third-order valence-electron chi connectivity index (χ3n) is 4.29. The lowest BCUT2D eigenvalue weighted by molar-refractivity contribution is -0.131. The fourth-order valence-corrected chi connectivity index (χ4v) is 3.40. The maximum Gasteiger partial charge on any atom is 0.258 e. The van der Waals surface area contributed by atoms with Crippen LogP contribution in [0.15, 0.2) is 28.5 Å². The largest absolute Gasteiger partial charge is 0.342 e. The van der Waals surface area contributed by atoms with Crippen molar-refractivity contribution in [2.24, 2.45) is 5.92 Å². The zero-order chi connectivity index (χ0) is 17.8. The van der Waals surface area contributed by atoms with E-state index in [1.165, 1.54) is 29.7 Å². The number of anilines is 1. The Morgan fingerprint density at radius 2 is 2.12 bits per heavy atom. The number of rotatable bonds is 4. The summed E-state index contributed by atoms with van der Waals surface area (Å²) in [6, 6.07) is 2.74. The summed E-state index contributed by atoms with van der Waals surface area (Å²) < 4.78 is 0. The van der Waals surface area contributed by atoms with Gasteiger partial charge in [-0.25, -0.2) is 4.98 Å². The number of nitrogens with one attached hydrogen (secondary N) is 2. The number of hydrogen-bond acceptors (Lipinski definition) is 5. The van der Waals surface area contributed by atoms with E-state index in [0.717, 1.165) is 25.9 Å². The molecule has 1 fully saturated rings. The predicted octanol–water partition coefficient (Wildman–Crippen LogP) is 1.88. The highest BCUT2D eigenvalue weighted by atomic mass is 32.1. The monoisotopic (exact) mass is 360 g/mol. The molecule has 0 atom stereocenters. The number of piperidine rings is 1. The van der Waals surface area contributed by atoms with Crippen LogP contribution in [0.25, 0.3) is 0 Å². The molecule has 7 nitrogen and oxygen atoms in total. The molecule has 132 valence electrons. The summed E-state index contributed by atoms with van der Waals surface area (Å²) in [5.74, 6) is 0.405. The number of aromatic amines is 1. The lowest BCUT2D eigenvalue weighted by Gasteiger charge is -2.30. The van der Waals surface area contributed by atoms with Crippen molar-refractivity contribution >= 4 is 28.3 Å². The highest BCUT2D eigenvalue weighted by Crippen LogP contribution is 2.19. The van der Waals surface area contributed by atoms with Gasteiger partial charge in [0, 0.05) is 30.7 Å². The third-order valence-corrected chi connectivity index (χ3v) is 5.09. The molecular formula is C17H20N4O3S. The first-order valence-electron chi connectivity index (χ1n) is 8.23. The van der Waals surface area contributed by atoms with Gasteiger partial charge in [0.2, 0.25) is 11.5 Å². The zero-order valence-corrected chi connectivity index (χ0v) is 14.8. The number of aromatic nitrogens is 2. The summed E-state index contributed by atoms with van der Waals surface area (Å²) in [5, 5.41) is 4.90. The molecule has 1 aliphatic heterocycles. The minimum atomic E-state index is -0.353. The van der Waals surface area contributed by atoms with Gasteiger partial charge in [-0.1, -0.05) is 6.92 Å². The molecule has 0 aromatic carbocycles. The van der Waals surface area contributed by atoms with Crippen LogP contribution >= 0.6 is 11.3 Å². The summed E-state index contributed by atoms with van der Waals surface area (Å²) in [7, 11) is 0. The molecule has 0 radical (unpaired) electrons. The Kier molecular flexibility index (Phi) is 5.28. The number of amides is 2. The molecule has 0 aliphatic carbocycles. The van der Waals surface area contributed by atoms with E-state index in [9.17, 15) is 14.4 Å². The molecule has 0 spiro atoms. The van der Waals surface area contributed by atoms with E-state index in [0.29, 0.717) is 22.3 Å². The second kappa shape index (κ2) is 7.60. The fraction of sp³-hybridized carbons (Fsp3) is 0.412. The molecule has 1 saturated heterocycles. The average molecular weight is 360 g/mol. The van der Waals surface area contributed by atoms with E-state index in [1.807, 2.05) is 4.90 Å². The molecule has 25 heavy (non-hydrogen) atoms. The number of nitrogens with zero attached hydrogens (tertiary/aromatic N) is 2. The van der Waals surface area contributed by atoms with Crippen LogP contribution in [0.4, 0.5) is 5.13 Å². The van der Waals surface area contributed by atoms with Gasteiger partial charge in [0.25, 0.3) is 5.91 Å². The zero-order valence-electron chi connectivity index (χ0n) is 13.9. The number of carbonyl (C=O) groups is 2. The Bertz CT molecular complexity index is 801. The van der Waals surface area contributed by atoms with E-state index >= 15 is 0 Å². The average Bonchev–Trinajstić information content (AvgIpc) is 3.02. The Balaban J connectivity index is 1.57. The van der Waals surface area contributed by atoms with Crippen LogP contribution in [0.3, 0.4) is 0 Å². The lowest BCUT2D eigenvalue weighted by Crippen LogP contribution is -2.38. The topological polar surface area (TPSA) is 95.2 Å². The smallest absolute Gasteiger partial charge is 0.258 e. The Morgan fingerprint density at radius 1 is 1.36 bits per heavy atom. The first kappa shape index (κ1) is 17.3. The van der Waals surface area contributed by atoms with E-state index < -0.39 is 0 Å². The van der Waals surface area contributed by atoms with Gasteiger partial charge in [-0.15, -0.1) is 11.3 Å². The van der Waals surface area contributed by atoms with E-state index in [-0.39, 0.29) is 23.8 Å². The molecule has 3 rings (SSSR count). The van der Waals surface area contributed by atoms with Crippen LogP contribution in [0.2, 0.25) is 0 Å². The lowest BCUT2D eigenvalue weighted by atomic mass is 9.99. The van der Waals surface area contributed by atoms with Gasteiger partial charge >= 0.3 is 0 Å². The molecule has 0 bridgehead atoms. The van der Waals surface area contributed by atoms with Crippen molar-refractivity contribution in [1.29, 1.82) is 0 Å². The van der Waals surface area contributed by atoms with Gasteiger partial charge in [0.05, 0.1) is 17.7 Å². The molecule has 8 heteroatoms. The molecule has 2 aromatic rings. The number of carbonyl (C=O) groups excluding carboxylic acids is 2. The summed E-state index contributed by atoms with van der Waals surface area (Å²) in [4.78, 5) is 44.1. The third kappa shape index (κ3) is 4.54. The quantitative estimate of drug-likeness (QED) is 0.870. The Hall–Kier alpha value is -2.48. The van der Waals surface area contributed by atoms with Crippen LogP contribution in [-0.2, 0) is 11.2 Å². The number of pyridine rings is 1. The van der Waals surface area contributed by atoms with Gasteiger partial charge in [0.15, 0.2) is 5.13 Å². The van der Waals surface area contributed by atoms with Crippen molar-refractivity contribution in [3.63, 3.8) is 0 Å². The summed E-state index contributed by atoms with van der Waals surface area (Å²) in [6.45, 7) is 3.82. The normalized spacial score (nSPS) is 15.2. The molecule has 0 unspecified atom stereocenters. The van der Waals surface area contributed by atoms with Crippen molar-refractivity contribution in [2.45, 2.75) is 26.2 Å². The minimum absolute atomic E-state index is 0.0794. The van der Waals surface area contributed by atoms with E-state index in [1.54, 1.807) is 5.38 Å². The fourth-order valence-electron chi connectivity index (χ4n) is 2.69. The van der Waals surface area contributed by atoms with Crippen LogP contribution in [0.5, 0.6) is 0 Å². The number of hydrogen-bond donors (Lipinski definition) is 2. The second-order valence-electron chi connectivity index (χ2n) is 6.28. The molecular weight excluding hydrogens is 340 g/mol. The van der Waals surface area contributed by atoms with Crippen LogP contribution in [0.1, 0.15) is 35.8 Å². The van der Waals surface area contributed by atoms with Crippen LogP contribution < -0.4 is 10.9 Å². The maximum absolute atomic E-state index is 12.3. The van der Waals surface area contributed by atoms with Crippen molar-refractivity contribution in [3.05, 3.63) is 45.3 Å². The molecule has 1 aliphatic rings. The first-order chi connectivity index (χ1) is 12.0. The van der Waals surface area contributed by atoms with Crippen molar-refractivity contribution in [2.75, 3.05) is 18.4 Å². The molecule has 2 N–H and O–H groups in total. The number of likely N-dealkylation sites (tertiary alicyclic amines) is 1. The summed E-state index contributed by atoms with van der Waals surface area (Å²) >= 11 is 1.28. The van der Waals surface area contributed by atoms with Gasteiger partial charge in [-0.3, -0.25) is 19.7 Å². The van der Waals surface area contributed by atoms with Gasteiger partial charge in [0.1, 0.15) is 0 Å². The number of H-pyrrole nitrogens is 1. The van der Waals surface area contributed by atoms with Crippen molar-refractivity contribution in [1.82, 2.24) is 14.9 Å². The standard InChI is InChI=1S/C17H20N4O3S/c1-11-4-6-21(7-5-11)15(23)8-13-10-25-17(19-13)20-16(24)12-2-3-14(22)18-9-12/h2-3,9-11H,4-8H2,1H3,(H,18,22)(H,19,20,24). The summed E-state index contributed by atoms with van der Waals surface area (Å²) in [6.07, 6.45) is 3.69. The molecule has 0 saturated carbocycles. The highest BCUT2D eigenvalue weighted by Gasteiger charge is 2.21. The van der Waals surface area contributed by atoms with Crippen LogP contribution in [-0.4, -0.2) is 39.8 Å². The first-order valence-corrected chi connectivity index (χ1v) is 9.11. The van der Waals surface area contributed by atoms with Gasteiger partial charge in [-0.2, -0.15) is 0 Å². The number of thiazole rings is 1. The van der Waals surface area contributed by atoms with E-state index in [2.05, 4.69) is 22.2 Å². The van der Waals surface area contributed by atoms with Crippen molar-refractivity contribution < 1.29 is 9.59 Å². The van der Waals surface area contributed by atoms with Crippen molar-refractivity contribution in [3.8, 4) is 0 Å². The SMILES string of the molecule is CC1CCN(C(=O)Cc2csc(NC(=O)c3ccc(=O)[nH]c3)n2)CC1. The Morgan fingerprint density at radius 3 is 2.80 bits per heavy atom. The molecule has 2 amide bonds. The minimum Gasteiger partial charge on any atom is -0.342 e.